The van der Waals surface area contributed by atoms with Gasteiger partial charge in [0.15, 0.2) is 0 Å². The number of hydrogen-bond donors (Lipinski definition) is 1. The molecule has 0 bridgehead atoms. The molecule has 0 aromatic heterocycles. The van der Waals surface area contributed by atoms with Gasteiger partial charge in [0.25, 0.3) is 0 Å². The Morgan fingerprint density at radius 1 is 1.33 bits per heavy atom. The van der Waals surface area contributed by atoms with Gasteiger partial charge in [-0.05, 0) is 6.92 Å². The second-order valence-corrected chi connectivity index (χ2v) is 1.96. The summed E-state index contributed by atoms with van der Waals surface area (Å²) in [5.41, 5.74) is 0. The Kier molecular flexibility index (Phi) is 11.7. The van der Waals surface area contributed by atoms with Crippen LogP contribution in [0.25, 0.3) is 0 Å². The smallest absolute Gasteiger partial charge is 0.438 e. The van der Waals surface area contributed by atoms with Crippen LogP contribution in [0.3, 0.4) is 0 Å². The van der Waals surface area contributed by atoms with E-state index in [4.69, 9.17) is 5.11 Å². The van der Waals surface area contributed by atoms with Crippen molar-refractivity contribution in [2.75, 3.05) is 27.9 Å². The van der Waals surface area contributed by atoms with E-state index in [1.54, 1.807) is 14.0 Å². The average molecular weight is 180 g/mol. The van der Waals surface area contributed by atoms with Crippen molar-refractivity contribution in [2.24, 2.45) is 0 Å². The summed E-state index contributed by atoms with van der Waals surface area (Å²) < 4.78 is 12.6. The van der Waals surface area contributed by atoms with Crippen LogP contribution in [0.4, 0.5) is 4.79 Å². The molecular formula is C7H16O5. The number of aliphatic hydroxyl groups is 1. The topological polar surface area (TPSA) is 65.0 Å². The van der Waals surface area contributed by atoms with Gasteiger partial charge in [0, 0.05) is 7.11 Å². The van der Waals surface area contributed by atoms with Crippen molar-refractivity contribution in [3.63, 3.8) is 0 Å². The standard InChI is InChI=1S/C4H10O2.C3H6O3/c1-4(5)3-6-2;1-5-3(4)6-2/h4-5H,3H2,1-2H3;1-2H3. The molecule has 0 spiro atoms. The van der Waals surface area contributed by atoms with Crippen LogP contribution in [-0.4, -0.2) is 45.3 Å². The minimum absolute atomic E-state index is 0.324. The molecular weight excluding hydrogens is 164 g/mol. The average Bonchev–Trinajstić information content (AvgIpc) is 2.04. The third-order valence-electron chi connectivity index (χ3n) is 0.741. The lowest BCUT2D eigenvalue weighted by molar-refractivity contribution is 0.0765. The monoisotopic (exact) mass is 180 g/mol. The zero-order chi connectivity index (χ0) is 9.98. The van der Waals surface area contributed by atoms with Crippen LogP contribution in [0.2, 0.25) is 0 Å². The number of hydrogen-bond acceptors (Lipinski definition) is 5. The molecule has 0 aliphatic rings. The van der Waals surface area contributed by atoms with E-state index in [1.165, 1.54) is 14.2 Å². The molecule has 0 amide bonds. The quantitative estimate of drug-likeness (QED) is 0.623. The molecule has 0 heterocycles. The van der Waals surface area contributed by atoms with Crippen molar-refractivity contribution in [2.45, 2.75) is 13.0 Å². The van der Waals surface area contributed by atoms with Gasteiger partial charge in [-0.1, -0.05) is 0 Å². The van der Waals surface area contributed by atoms with Crippen molar-refractivity contribution in [1.29, 1.82) is 0 Å². The molecule has 0 rings (SSSR count). The van der Waals surface area contributed by atoms with Crippen LogP contribution in [0, 0.1) is 0 Å². The third-order valence-corrected chi connectivity index (χ3v) is 0.741. The molecule has 5 heteroatoms. The maximum Gasteiger partial charge on any atom is 0.507 e. The van der Waals surface area contributed by atoms with Crippen molar-refractivity contribution in [3.8, 4) is 0 Å². The Labute approximate surface area is 72.2 Å². The van der Waals surface area contributed by atoms with Gasteiger partial charge in [-0.25, -0.2) is 4.79 Å². The predicted octanol–water partition coefficient (Wildman–Crippen LogP) is 0.413. The molecule has 1 unspecified atom stereocenters. The molecule has 74 valence electrons. The highest BCUT2D eigenvalue weighted by atomic mass is 16.7. The first-order valence-electron chi connectivity index (χ1n) is 3.37. The molecule has 5 nitrogen and oxygen atoms in total. The highest BCUT2D eigenvalue weighted by Gasteiger charge is 1.89. The molecule has 0 fully saturated rings. The number of carbonyl (C=O) groups excluding carboxylic acids is 1. The number of methoxy groups -OCH3 is 3. The number of ether oxygens (including phenoxy) is 3. The van der Waals surface area contributed by atoms with E-state index < -0.39 is 6.16 Å². The van der Waals surface area contributed by atoms with Crippen LogP contribution in [-0.2, 0) is 14.2 Å². The zero-order valence-corrected chi connectivity index (χ0v) is 7.86. The van der Waals surface area contributed by atoms with Crippen molar-refractivity contribution in [1.82, 2.24) is 0 Å². The molecule has 0 radical (unpaired) electrons. The number of aliphatic hydroxyl groups excluding tert-OH is 1. The fraction of sp³-hybridized carbons (Fsp3) is 0.857. The Balaban J connectivity index is 0. The maximum atomic E-state index is 9.74. The molecule has 0 aliphatic heterocycles. The van der Waals surface area contributed by atoms with Gasteiger partial charge < -0.3 is 19.3 Å². The van der Waals surface area contributed by atoms with Crippen molar-refractivity contribution >= 4 is 6.16 Å². The van der Waals surface area contributed by atoms with Crippen LogP contribution in [0.15, 0.2) is 0 Å². The fourth-order valence-electron chi connectivity index (χ4n) is 0.325. The first-order valence-corrected chi connectivity index (χ1v) is 3.37. The summed E-state index contributed by atoms with van der Waals surface area (Å²) in [5.74, 6) is 0. The minimum atomic E-state index is -0.657. The van der Waals surface area contributed by atoms with E-state index in [0.29, 0.717) is 6.61 Å². The Morgan fingerprint density at radius 2 is 1.75 bits per heavy atom. The number of carbonyl (C=O) groups is 1. The fourth-order valence-corrected chi connectivity index (χ4v) is 0.325. The van der Waals surface area contributed by atoms with Gasteiger partial charge in [-0.15, -0.1) is 0 Å². The molecule has 0 saturated carbocycles. The van der Waals surface area contributed by atoms with Crippen LogP contribution >= 0.6 is 0 Å². The predicted molar refractivity (Wildman–Crippen MR) is 43.0 cm³/mol. The summed E-state index contributed by atoms with van der Waals surface area (Å²) >= 11 is 0. The van der Waals surface area contributed by atoms with E-state index in [1.807, 2.05) is 0 Å². The first-order chi connectivity index (χ1) is 5.58. The van der Waals surface area contributed by atoms with E-state index >= 15 is 0 Å². The van der Waals surface area contributed by atoms with Crippen LogP contribution in [0.5, 0.6) is 0 Å². The summed E-state index contributed by atoms with van der Waals surface area (Å²) in [6.45, 7) is 2.11. The zero-order valence-electron chi connectivity index (χ0n) is 7.86. The van der Waals surface area contributed by atoms with Gasteiger partial charge in [-0.2, -0.15) is 0 Å². The van der Waals surface area contributed by atoms with Gasteiger partial charge in [0.05, 0.1) is 26.9 Å². The van der Waals surface area contributed by atoms with E-state index in [2.05, 4.69) is 14.2 Å². The Hall–Kier alpha value is -0.810. The van der Waals surface area contributed by atoms with Gasteiger partial charge in [0.2, 0.25) is 0 Å². The summed E-state index contributed by atoms with van der Waals surface area (Å²) in [5, 5.41) is 8.43. The maximum absolute atomic E-state index is 9.74. The minimum Gasteiger partial charge on any atom is -0.438 e. The molecule has 12 heavy (non-hydrogen) atoms. The second-order valence-electron chi connectivity index (χ2n) is 1.96. The lowest BCUT2D eigenvalue weighted by atomic mass is 10.5. The van der Waals surface area contributed by atoms with Gasteiger partial charge in [0.1, 0.15) is 0 Å². The molecule has 0 aliphatic carbocycles. The van der Waals surface area contributed by atoms with E-state index in [0.717, 1.165) is 0 Å². The lowest BCUT2D eigenvalue weighted by Crippen LogP contribution is -2.07. The molecule has 1 atom stereocenters. The van der Waals surface area contributed by atoms with E-state index in [9.17, 15) is 4.79 Å². The lowest BCUT2D eigenvalue weighted by Gasteiger charge is -1.97. The molecule has 0 aromatic carbocycles. The number of rotatable bonds is 2. The Morgan fingerprint density at radius 3 is 1.75 bits per heavy atom. The summed E-state index contributed by atoms with van der Waals surface area (Å²) in [4.78, 5) is 9.74. The van der Waals surface area contributed by atoms with Crippen molar-refractivity contribution in [3.05, 3.63) is 0 Å². The first kappa shape index (κ1) is 13.8. The molecule has 0 saturated heterocycles. The van der Waals surface area contributed by atoms with Crippen LogP contribution in [0.1, 0.15) is 6.92 Å². The van der Waals surface area contributed by atoms with E-state index in [-0.39, 0.29) is 6.10 Å². The Bertz CT molecular complexity index is 96.0. The second kappa shape index (κ2) is 10.2. The van der Waals surface area contributed by atoms with Crippen LogP contribution < -0.4 is 0 Å². The highest BCUT2D eigenvalue weighted by molar-refractivity contribution is 5.59. The van der Waals surface area contributed by atoms with Crippen molar-refractivity contribution < 1.29 is 24.1 Å². The SMILES string of the molecule is COC(=O)OC.COCC(C)O. The summed E-state index contributed by atoms with van der Waals surface area (Å²) in [7, 11) is 4.07. The summed E-state index contributed by atoms with van der Waals surface area (Å²) in [6.07, 6.45) is -0.981. The van der Waals surface area contributed by atoms with Gasteiger partial charge >= 0.3 is 6.16 Å². The molecule has 1 N–H and O–H groups in total. The normalized spacial score (nSPS) is 10.8. The largest absolute Gasteiger partial charge is 0.507 e. The summed E-state index contributed by atoms with van der Waals surface area (Å²) in [6, 6.07) is 0. The highest BCUT2D eigenvalue weighted by Crippen LogP contribution is 1.75. The molecule has 0 aromatic rings. The van der Waals surface area contributed by atoms with Gasteiger partial charge in [-0.3, -0.25) is 0 Å². The third kappa shape index (κ3) is 16.1.